The van der Waals surface area contributed by atoms with E-state index in [0.29, 0.717) is 5.69 Å². The minimum absolute atomic E-state index is 0.210. The van der Waals surface area contributed by atoms with Crippen molar-refractivity contribution in [2.75, 3.05) is 17.6 Å². The number of hydrogen-bond donors (Lipinski definition) is 2. The quantitative estimate of drug-likeness (QED) is 0.752. The molecule has 0 saturated heterocycles. The van der Waals surface area contributed by atoms with Gasteiger partial charge in [0.25, 0.3) is 0 Å². The topological polar surface area (TPSA) is 125 Å². The fourth-order valence-electron chi connectivity index (χ4n) is 1.23. The second-order valence-corrected chi connectivity index (χ2v) is 5.31. The van der Waals surface area contributed by atoms with Gasteiger partial charge in [0.2, 0.25) is 5.91 Å². The van der Waals surface area contributed by atoms with E-state index in [1.807, 2.05) is 0 Å². The Bertz CT molecular complexity index is 581. The van der Waals surface area contributed by atoms with Crippen LogP contribution in [0.25, 0.3) is 0 Å². The zero-order valence-corrected chi connectivity index (χ0v) is 11.4. The molecular formula is C11H13N2O6S-. The predicted octanol–water partition coefficient (Wildman–Crippen LogP) is 0.279. The lowest BCUT2D eigenvalue weighted by Gasteiger charge is -2.09. The lowest BCUT2D eigenvalue weighted by Crippen LogP contribution is -2.31. The number of rotatable bonds is 5. The maximum Gasteiger partial charge on any atom is 0.412 e. The van der Waals surface area contributed by atoms with Crippen LogP contribution in [0.3, 0.4) is 0 Å². The first-order valence-corrected chi connectivity index (χ1v) is 7.11. The van der Waals surface area contributed by atoms with Crippen LogP contribution in [0.5, 0.6) is 5.75 Å². The van der Waals surface area contributed by atoms with Crippen molar-refractivity contribution in [1.82, 2.24) is 5.32 Å². The van der Waals surface area contributed by atoms with E-state index in [1.165, 1.54) is 31.2 Å². The molecule has 0 bridgehead atoms. The smallest absolute Gasteiger partial charge is 0.412 e. The van der Waals surface area contributed by atoms with Crippen LogP contribution in [0.15, 0.2) is 24.3 Å². The highest BCUT2D eigenvalue weighted by Gasteiger charge is 2.05. The monoisotopic (exact) mass is 301 g/mol. The van der Waals surface area contributed by atoms with Gasteiger partial charge in [-0.1, -0.05) is 0 Å². The third-order valence-corrected chi connectivity index (χ3v) is 2.71. The van der Waals surface area contributed by atoms with Gasteiger partial charge in [-0.05, 0) is 24.3 Å². The predicted molar refractivity (Wildman–Crippen MR) is 69.3 cm³/mol. The maximum absolute atomic E-state index is 11.3. The van der Waals surface area contributed by atoms with Crippen LogP contribution in [0.1, 0.15) is 6.92 Å². The summed E-state index contributed by atoms with van der Waals surface area (Å²) >= 11 is 0. The number of amides is 2. The van der Waals surface area contributed by atoms with Crippen LogP contribution < -0.4 is 15.4 Å². The Morgan fingerprint density at radius 3 is 2.35 bits per heavy atom. The number of carbonyl (C=O) groups excluding carboxylic acids is 2. The van der Waals surface area contributed by atoms with Crippen LogP contribution in [0.4, 0.5) is 10.5 Å². The van der Waals surface area contributed by atoms with Crippen molar-refractivity contribution < 1.29 is 27.3 Å². The molecular weight excluding hydrogens is 288 g/mol. The highest BCUT2D eigenvalue weighted by molar-refractivity contribution is 7.85. The van der Waals surface area contributed by atoms with Crippen molar-refractivity contribution in [3.05, 3.63) is 24.3 Å². The zero-order valence-electron chi connectivity index (χ0n) is 10.6. The van der Waals surface area contributed by atoms with E-state index in [1.54, 1.807) is 0 Å². The maximum atomic E-state index is 11.3. The van der Waals surface area contributed by atoms with Crippen LogP contribution in [-0.2, 0) is 14.9 Å². The standard InChI is InChI=1S/C11H14N2O6S/c1-8(14)13-9-2-4-10(5-3-9)19-11(15)12-6-7-20(16,17)18/h2-5H,6-7H2,1H3,(H,12,15)(H,13,14)(H,16,17,18)/p-1. The summed E-state index contributed by atoms with van der Waals surface area (Å²) in [5.74, 6) is -0.722. The van der Waals surface area contributed by atoms with E-state index in [0.717, 1.165) is 0 Å². The molecule has 1 rings (SSSR count). The van der Waals surface area contributed by atoms with Crippen LogP contribution in [-0.4, -0.2) is 37.3 Å². The molecule has 0 aliphatic heterocycles. The van der Waals surface area contributed by atoms with Crippen LogP contribution in [0, 0.1) is 0 Å². The fraction of sp³-hybridized carbons (Fsp3) is 0.273. The molecule has 0 unspecified atom stereocenters. The molecule has 0 spiro atoms. The van der Waals surface area contributed by atoms with Gasteiger partial charge in [0, 0.05) is 19.2 Å². The van der Waals surface area contributed by atoms with Gasteiger partial charge in [-0.2, -0.15) is 0 Å². The van der Waals surface area contributed by atoms with E-state index < -0.39 is 22.0 Å². The minimum Gasteiger partial charge on any atom is -0.748 e. The summed E-state index contributed by atoms with van der Waals surface area (Å²) in [6, 6.07) is 5.97. The van der Waals surface area contributed by atoms with Crippen molar-refractivity contribution in [1.29, 1.82) is 0 Å². The number of hydrogen-bond acceptors (Lipinski definition) is 6. The first kappa shape index (κ1) is 15.9. The molecule has 0 saturated carbocycles. The lowest BCUT2D eigenvalue weighted by molar-refractivity contribution is -0.114. The molecule has 9 heteroatoms. The molecule has 0 heterocycles. The Morgan fingerprint density at radius 2 is 1.85 bits per heavy atom. The molecule has 0 fully saturated rings. The molecule has 0 atom stereocenters. The third kappa shape index (κ3) is 6.71. The van der Waals surface area contributed by atoms with Crippen molar-refractivity contribution in [3.63, 3.8) is 0 Å². The number of benzene rings is 1. The molecule has 110 valence electrons. The summed E-state index contributed by atoms with van der Waals surface area (Å²) < 4.78 is 35.8. The minimum atomic E-state index is -4.37. The van der Waals surface area contributed by atoms with E-state index in [2.05, 4.69) is 10.6 Å². The summed E-state index contributed by atoms with van der Waals surface area (Å²) in [5, 5.41) is 4.66. The Balaban J connectivity index is 2.44. The second kappa shape index (κ2) is 6.87. The molecule has 0 aliphatic rings. The average Bonchev–Trinajstić information content (AvgIpc) is 2.29. The first-order chi connectivity index (χ1) is 9.26. The molecule has 1 aromatic carbocycles. The van der Waals surface area contributed by atoms with Gasteiger partial charge < -0.3 is 19.9 Å². The van der Waals surface area contributed by atoms with Crippen molar-refractivity contribution >= 4 is 27.8 Å². The average molecular weight is 301 g/mol. The van der Waals surface area contributed by atoms with E-state index in [4.69, 9.17) is 4.74 Å². The van der Waals surface area contributed by atoms with Gasteiger partial charge in [0.05, 0.1) is 15.9 Å². The SMILES string of the molecule is CC(=O)Nc1ccc(OC(=O)NCCS(=O)(=O)[O-])cc1. The molecule has 2 amide bonds. The molecule has 20 heavy (non-hydrogen) atoms. The van der Waals surface area contributed by atoms with Gasteiger partial charge in [0.15, 0.2) is 0 Å². The second-order valence-electron chi connectivity index (χ2n) is 3.78. The summed E-state index contributed by atoms with van der Waals surface area (Å²) in [6.07, 6.45) is -0.874. The first-order valence-electron chi connectivity index (χ1n) is 5.53. The van der Waals surface area contributed by atoms with Gasteiger partial charge >= 0.3 is 6.09 Å². The molecule has 8 nitrogen and oxygen atoms in total. The molecule has 1 aromatic rings. The molecule has 0 radical (unpaired) electrons. The highest BCUT2D eigenvalue weighted by atomic mass is 32.2. The zero-order chi connectivity index (χ0) is 15.2. The largest absolute Gasteiger partial charge is 0.748 e. The molecule has 0 aromatic heterocycles. The number of anilines is 1. The summed E-state index contributed by atoms with van der Waals surface area (Å²) in [7, 11) is -4.37. The Labute approximate surface area is 115 Å². The van der Waals surface area contributed by atoms with Crippen molar-refractivity contribution in [3.8, 4) is 5.75 Å². The summed E-state index contributed by atoms with van der Waals surface area (Å²) in [4.78, 5) is 22.1. The Kier molecular flexibility index (Phi) is 5.47. The summed E-state index contributed by atoms with van der Waals surface area (Å²) in [6.45, 7) is 1.04. The number of nitrogens with one attached hydrogen (secondary N) is 2. The van der Waals surface area contributed by atoms with E-state index in [9.17, 15) is 22.6 Å². The Morgan fingerprint density at radius 1 is 1.25 bits per heavy atom. The van der Waals surface area contributed by atoms with Gasteiger partial charge in [0.1, 0.15) is 5.75 Å². The van der Waals surface area contributed by atoms with E-state index in [-0.39, 0.29) is 18.2 Å². The van der Waals surface area contributed by atoms with Crippen LogP contribution >= 0.6 is 0 Å². The summed E-state index contributed by atoms with van der Waals surface area (Å²) in [5.41, 5.74) is 0.544. The van der Waals surface area contributed by atoms with Gasteiger partial charge in [-0.3, -0.25) is 4.79 Å². The van der Waals surface area contributed by atoms with Gasteiger partial charge in [-0.25, -0.2) is 13.2 Å². The lowest BCUT2D eigenvalue weighted by atomic mass is 10.3. The third-order valence-electron chi connectivity index (χ3n) is 2.01. The van der Waals surface area contributed by atoms with Gasteiger partial charge in [-0.15, -0.1) is 0 Å². The number of carbonyl (C=O) groups is 2. The fourth-order valence-corrected chi connectivity index (χ4v) is 1.58. The molecule has 2 N–H and O–H groups in total. The highest BCUT2D eigenvalue weighted by Crippen LogP contribution is 2.15. The van der Waals surface area contributed by atoms with Crippen LogP contribution in [0.2, 0.25) is 0 Å². The normalized spacial score (nSPS) is 10.7. The number of ether oxygens (including phenoxy) is 1. The Hall–Kier alpha value is -2.13. The molecule has 0 aliphatic carbocycles. The van der Waals surface area contributed by atoms with Crippen molar-refractivity contribution in [2.45, 2.75) is 6.92 Å². The van der Waals surface area contributed by atoms with E-state index >= 15 is 0 Å². The van der Waals surface area contributed by atoms with Crippen molar-refractivity contribution in [2.24, 2.45) is 0 Å².